The maximum atomic E-state index is 13.0. The zero-order valence-electron chi connectivity index (χ0n) is 13.5. The van der Waals surface area contributed by atoms with Crippen molar-refractivity contribution in [3.63, 3.8) is 0 Å². The Morgan fingerprint density at radius 2 is 1.92 bits per heavy atom. The number of amides is 1. The second-order valence-corrected chi connectivity index (χ2v) is 6.96. The Bertz CT molecular complexity index is 935. The summed E-state index contributed by atoms with van der Waals surface area (Å²) in [6.07, 6.45) is 1.94. The third-order valence-corrected chi connectivity index (χ3v) is 5.38. The number of likely N-dealkylation sites (tertiary alicyclic amines) is 1. The zero-order valence-corrected chi connectivity index (χ0v) is 14.4. The minimum Gasteiger partial charge on any atom is -0.329 e. The van der Waals surface area contributed by atoms with E-state index in [1.54, 1.807) is 23.5 Å². The van der Waals surface area contributed by atoms with Gasteiger partial charge in [-0.2, -0.15) is 9.78 Å². The molecule has 3 heterocycles. The molecule has 5 nitrogen and oxygen atoms in total. The first kappa shape index (κ1) is 15.8. The van der Waals surface area contributed by atoms with Gasteiger partial charge in [0.2, 0.25) is 0 Å². The van der Waals surface area contributed by atoms with E-state index in [0.717, 1.165) is 12.8 Å². The molecule has 1 aromatic carbocycles. The smallest absolute Gasteiger partial charge is 0.274 e. The Balaban J connectivity index is 1.68. The molecule has 1 atom stereocenters. The van der Waals surface area contributed by atoms with Crippen LogP contribution in [-0.2, 0) is 0 Å². The fourth-order valence-corrected chi connectivity index (χ4v) is 4.09. The predicted molar refractivity (Wildman–Crippen MR) is 97.2 cm³/mol. The first-order valence-electron chi connectivity index (χ1n) is 8.24. The summed E-state index contributed by atoms with van der Waals surface area (Å²) in [4.78, 5) is 28.2. The van der Waals surface area contributed by atoms with Crippen molar-refractivity contribution in [3.8, 4) is 5.69 Å². The van der Waals surface area contributed by atoms with Gasteiger partial charge in [-0.25, -0.2) is 0 Å². The summed E-state index contributed by atoms with van der Waals surface area (Å²) >= 11 is 1.67. The summed E-state index contributed by atoms with van der Waals surface area (Å²) < 4.78 is 1.28. The highest BCUT2D eigenvalue weighted by Crippen LogP contribution is 2.35. The second kappa shape index (κ2) is 6.64. The fraction of sp³-hybridized carbons (Fsp3) is 0.211. The number of thiophene rings is 1. The second-order valence-electron chi connectivity index (χ2n) is 5.98. The van der Waals surface area contributed by atoms with Crippen LogP contribution in [0, 0.1) is 0 Å². The summed E-state index contributed by atoms with van der Waals surface area (Å²) in [7, 11) is 0. The number of carbonyl (C=O) groups excluding carboxylic acids is 1. The van der Waals surface area contributed by atoms with Gasteiger partial charge in [0.1, 0.15) is 5.69 Å². The van der Waals surface area contributed by atoms with Gasteiger partial charge >= 0.3 is 0 Å². The quantitative estimate of drug-likeness (QED) is 0.728. The zero-order chi connectivity index (χ0) is 17.2. The molecule has 0 aliphatic carbocycles. The average molecular weight is 351 g/mol. The van der Waals surface area contributed by atoms with Crippen LogP contribution in [0.1, 0.15) is 34.2 Å². The molecule has 0 N–H and O–H groups in total. The van der Waals surface area contributed by atoms with Crippen LogP contribution in [0.3, 0.4) is 0 Å². The molecular weight excluding hydrogens is 334 g/mol. The molecule has 6 heteroatoms. The van der Waals surface area contributed by atoms with Crippen LogP contribution in [0.25, 0.3) is 5.69 Å². The number of hydrogen-bond donors (Lipinski definition) is 0. The van der Waals surface area contributed by atoms with Crippen molar-refractivity contribution in [2.45, 2.75) is 18.9 Å². The molecule has 4 rings (SSSR count). The molecule has 1 unspecified atom stereocenters. The third-order valence-electron chi connectivity index (χ3n) is 4.41. The maximum absolute atomic E-state index is 13.0. The first-order chi connectivity index (χ1) is 12.2. The first-order valence-corrected chi connectivity index (χ1v) is 9.12. The van der Waals surface area contributed by atoms with Gasteiger partial charge in [-0.3, -0.25) is 9.59 Å². The molecule has 1 aliphatic heterocycles. The minimum atomic E-state index is -0.251. The lowest BCUT2D eigenvalue weighted by molar-refractivity contribution is 0.0730. The van der Waals surface area contributed by atoms with E-state index in [1.165, 1.54) is 21.7 Å². The normalized spacial score (nSPS) is 17.0. The van der Waals surface area contributed by atoms with Crippen molar-refractivity contribution < 1.29 is 4.79 Å². The van der Waals surface area contributed by atoms with Crippen molar-refractivity contribution >= 4 is 17.2 Å². The van der Waals surface area contributed by atoms with Crippen LogP contribution in [-0.4, -0.2) is 27.1 Å². The van der Waals surface area contributed by atoms with Crippen molar-refractivity contribution in [2.75, 3.05) is 6.54 Å². The van der Waals surface area contributed by atoms with Crippen LogP contribution in [0.4, 0.5) is 0 Å². The molecule has 25 heavy (non-hydrogen) atoms. The van der Waals surface area contributed by atoms with Gasteiger partial charge in [0.15, 0.2) is 0 Å². The van der Waals surface area contributed by atoms with Gasteiger partial charge in [-0.05, 0) is 42.5 Å². The van der Waals surface area contributed by atoms with E-state index in [2.05, 4.69) is 11.2 Å². The molecule has 0 saturated carbocycles. The van der Waals surface area contributed by atoms with Gasteiger partial charge in [0, 0.05) is 17.5 Å². The standard InChI is InChI=1S/C19H17N3O2S/c23-18-11-10-15(20-22(18)14-6-2-1-3-7-14)19(24)21-12-4-8-16(21)17-9-5-13-25-17/h1-3,5-7,9-11,13,16H,4,8,12H2. The summed E-state index contributed by atoms with van der Waals surface area (Å²) in [5.41, 5.74) is 0.698. The van der Waals surface area contributed by atoms with Gasteiger partial charge in [0.05, 0.1) is 11.7 Å². The Morgan fingerprint density at radius 1 is 1.08 bits per heavy atom. The molecule has 1 amide bonds. The van der Waals surface area contributed by atoms with Crippen LogP contribution in [0.15, 0.2) is 64.8 Å². The van der Waals surface area contributed by atoms with Crippen LogP contribution >= 0.6 is 11.3 Å². The fourth-order valence-electron chi connectivity index (χ4n) is 3.21. The van der Waals surface area contributed by atoms with E-state index < -0.39 is 0 Å². The number of rotatable bonds is 3. The highest BCUT2D eigenvalue weighted by Gasteiger charge is 2.32. The summed E-state index contributed by atoms with van der Waals surface area (Å²) in [6.45, 7) is 0.716. The van der Waals surface area contributed by atoms with Crippen molar-refractivity contribution in [1.29, 1.82) is 0 Å². The SMILES string of the molecule is O=C(c1ccc(=O)n(-c2ccccc2)n1)N1CCCC1c1cccs1. The van der Waals surface area contributed by atoms with Gasteiger partial charge in [-0.1, -0.05) is 24.3 Å². The van der Waals surface area contributed by atoms with Crippen LogP contribution < -0.4 is 5.56 Å². The molecule has 0 bridgehead atoms. The Kier molecular flexibility index (Phi) is 4.19. The lowest BCUT2D eigenvalue weighted by Gasteiger charge is -2.23. The summed E-state index contributed by atoms with van der Waals surface area (Å²) in [6, 6.07) is 16.3. The molecule has 3 aromatic rings. The highest BCUT2D eigenvalue weighted by atomic mass is 32.1. The van der Waals surface area contributed by atoms with E-state index >= 15 is 0 Å². The summed E-state index contributed by atoms with van der Waals surface area (Å²) in [5, 5.41) is 6.35. The van der Waals surface area contributed by atoms with E-state index in [4.69, 9.17) is 0 Å². The molecule has 1 fully saturated rings. The van der Waals surface area contributed by atoms with Crippen molar-refractivity contribution in [3.05, 3.63) is 80.9 Å². The largest absolute Gasteiger partial charge is 0.329 e. The van der Waals surface area contributed by atoms with Crippen LogP contribution in [0.2, 0.25) is 0 Å². The molecule has 126 valence electrons. The monoisotopic (exact) mass is 351 g/mol. The molecule has 1 aliphatic rings. The van der Waals surface area contributed by atoms with Crippen LogP contribution in [0.5, 0.6) is 0 Å². The number of benzene rings is 1. The Morgan fingerprint density at radius 3 is 2.68 bits per heavy atom. The van der Waals surface area contributed by atoms with E-state index in [-0.39, 0.29) is 17.5 Å². The minimum absolute atomic E-state index is 0.103. The Hall–Kier alpha value is -2.73. The number of hydrogen-bond acceptors (Lipinski definition) is 4. The van der Waals surface area contributed by atoms with Gasteiger partial charge in [0.25, 0.3) is 11.5 Å². The third kappa shape index (κ3) is 3.00. The molecule has 1 saturated heterocycles. The molecule has 0 radical (unpaired) electrons. The van der Waals surface area contributed by atoms with E-state index in [1.807, 2.05) is 34.5 Å². The molecule has 0 spiro atoms. The molecule has 2 aromatic heterocycles. The number of aromatic nitrogens is 2. The maximum Gasteiger partial charge on any atom is 0.274 e. The molecular formula is C19H17N3O2S. The van der Waals surface area contributed by atoms with Gasteiger partial charge in [-0.15, -0.1) is 11.3 Å². The topological polar surface area (TPSA) is 55.2 Å². The number of carbonyl (C=O) groups is 1. The van der Waals surface area contributed by atoms with E-state index in [0.29, 0.717) is 17.9 Å². The summed E-state index contributed by atoms with van der Waals surface area (Å²) in [5.74, 6) is -0.124. The lowest BCUT2D eigenvalue weighted by atomic mass is 10.2. The van der Waals surface area contributed by atoms with Crippen molar-refractivity contribution in [1.82, 2.24) is 14.7 Å². The number of para-hydroxylation sites is 1. The average Bonchev–Trinajstić information content (AvgIpc) is 3.33. The van der Waals surface area contributed by atoms with Gasteiger partial charge < -0.3 is 4.90 Å². The van der Waals surface area contributed by atoms with E-state index in [9.17, 15) is 9.59 Å². The van der Waals surface area contributed by atoms with Crippen molar-refractivity contribution in [2.24, 2.45) is 0 Å². The highest BCUT2D eigenvalue weighted by molar-refractivity contribution is 7.10. The Labute approximate surface area is 149 Å². The lowest BCUT2D eigenvalue weighted by Crippen LogP contribution is -2.33. The number of nitrogens with zero attached hydrogens (tertiary/aromatic N) is 3. The predicted octanol–water partition coefficient (Wildman–Crippen LogP) is 3.27.